The predicted octanol–water partition coefficient (Wildman–Crippen LogP) is 2.65. The largest absolute Gasteiger partial charge is 0.508 e. The highest BCUT2D eigenvalue weighted by Gasteiger charge is 2.39. The molecule has 0 bridgehead atoms. The van der Waals surface area contributed by atoms with Gasteiger partial charge in [0.05, 0.1) is 7.11 Å². The predicted molar refractivity (Wildman–Crippen MR) is 115 cm³/mol. The summed E-state index contributed by atoms with van der Waals surface area (Å²) in [5, 5.41) is 15.7. The van der Waals surface area contributed by atoms with Crippen LogP contribution in [0, 0.1) is 6.92 Å². The summed E-state index contributed by atoms with van der Waals surface area (Å²) in [6.07, 6.45) is 2.35. The number of methoxy groups -OCH3 is 1. The van der Waals surface area contributed by atoms with Crippen molar-refractivity contribution in [2.75, 3.05) is 34.3 Å². The molecule has 2 amide bonds. The topological polar surface area (TPSA) is 73.8 Å². The monoisotopic (exact) mass is 397 g/mol. The average Bonchev–Trinajstić information content (AvgIpc) is 3.06. The number of fused-ring (bicyclic) bond motifs is 1. The minimum Gasteiger partial charge on any atom is -0.508 e. The Morgan fingerprint density at radius 1 is 1.14 bits per heavy atom. The van der Waals surface area contributed by atoms with Crippen LogP contribution in [0.2, 0.25) is 0 Å². The molecule has 0 aliphatic heterocycles. The van der Waals surface area contributed by atoms with Crippen LogP contribution in [0.25, 0.3) is 0 Å². The Bertz CT molecular complexity index is 882. The summed E-state index contributed by atoms with van der Waals surface area (Å²) in [5.74, 6) is 1.14. The first-order chi connectivity index (χ1) is 13.8. The fraction of sp³-hybridized carbons (Fsp3) is 0.435. The second-order valence-electron chi connectivity index (χ2n) is 8.10. The lowest BCUT2D eigenvalue weighted by Gasteiger charge is -2.36. The first-order valence-corrected chi connectivity index (χ1v) is 9.96. The van der Waals surface area contributed by atoms with E-state index >= 15 is 0 Å². The van der Waals surface area contributed by atoms with Gasteiger partial charge in [-0.15, -0.1) is 0 Å². The van der Waals surface area contributed by atoms with E-state index < -0.39 is 0 Å². The van der Waals surface area contributed by atoms with Gasteiger partial charge < -0.3 is 25.4 Å². The number of benzene rings is 2. The van der Waals surface area contributed by atoms with Gasteiger partial charge in [-0.25, -0.2) is 4.79 Å². The van der Waals surface area contributed by atoms with Crippen molar-refractivity contribution >= 4 is 6.03 Å². The molecule has 2 aromatic rings. The van der Waals surface area contributed by atoms with Gasteiger partial charge in [-0.05, 0) is 80.7 Å². The van der Waals surface area contributed by atoms with Crippen molar-refractivity contribution in [2.24, 2.45) is 0 Å². The number of hydrogen-bond acceptors (Lipinski definition) is 4. The van der Waals surface area contributed by atoms with E-state index in [4.69, 9.17) is 4.74 Å². The van der Waals surface area contributed by atoms with Gasteiger partial charge in [0.1, 0.15) is 11.5 Å². The van der Waals surface area contributed by atoms with Gasteiger partial charge in [0.25, 0.3) is 0 Å². The third-order valence-electron chi connectivity index (χ3n) is 5.88. The molecule has 2 aromatic carbocycles. The maximum absolute atomic E-state index is 12.4. The van der Waals surface area contributed by atoms with Crippen LogP contribution in [-0.4, -0.2) is 55.9 Å². The summed E-state index contributed by atoms with van der Waals surface area (Å²) in [4.78, 5) is 14.5. The Kier molecular flexibility index (Phi) is 6.33. The molecule has 0 heterocycles. The molecule has 0 radical (unpaired) electrons. The lowest BCUT2D eigenvalue weighted by atomic mass is 9.94. The highest BCUT2D eigenvalue weighted by Crippen LogP contribution is 2.35. The third-order valence-corrected chi connectivity index (χ3v) is 5.88. The lowest BCUT2D eigenvalue weighted by molar-refractivity contribution is 0.158. The molecule has 0 fully saturated rings. The van der Waals surface area contributed by atoms with Gasteiger partial charge in [-0.3, -0.25) is 0 Å². The second-order valence-corrected chi connectivity index (χ2v) is 8.10. The normalized spacial score (nSPS) is 17.8. The first kappa shape index (κ1) is 21.0. The van der Waals surface area contributed by atoms with E-state index in [2.05, 4.69) is 15.5 Å². The number of aromatic hydroxyl groups is 1. The Hall–Kier alpha value is -2.73. The number of nitrogens with one attached hydrogen (secondary N) is 2. The molecule has 3 N–H and O–H groups in total. The molecule has 1 atom stereocenters. The van der Waals surface area contributed by atoms with Gasteiger partial charge in [0.2, 0.25) is 0 Å². The number of phenolic OH excluding ortho intramolecular Hbond substituents is 1. The van der Waals surface area contributed by atoms with Crippen molar-refractivity contribution in [3.63, 3.8) is 0 Å². The molecule has 156 valence electrons. The van der Waals surface area contributed by atoms with Crippen LogP contribution in [0.1, 0.15) is 22.3 Å². The van der Waals surface area contributed by atoms with Crippen LogP contribution in [0.4, 0.5) is 4.79 Å². The molecule has 0 spiro atoms. The molecule has 1 aliphatic rings. The number of aryl methyl sites for hydroxylation is 1. The number of hydrogen-bond donors (Lipinski definition) is 3. The Morgan fingerprint density at radius 2 is 1.90 bits per heavy atom. The van der Waals surface area contributed by atoms with E-state index in [0.717, 1.165) is 35.3 Å². The quantitative estimate of drug-likeness (QED) is 0.672. The van der Waals surface area contributed by atoms with Crippen LogP contribution < -0.4 is 15.4 Å². The van der Waals surface area contributed by atoms with Crippen LogP contribution in [0.15, 0.2) is 36.4 Å². The minimum atomic E-state index is -0.187. The smallest absolute Gasteiger partial charge is 0.314 e. The third kappa shape index (κ3) is 4.82. The Morgan fingerprint density at radius 3 is 2.62 bits per heavy atom. The average molecular weight is 398 g/mol. The Labute approximate surface area is 172 Å². The standard InChI is InChI=1S/C23H31N3O3/c1-16-5-6-17(21(11-16)29-4)9-10-24-22(28)25-15-23(26(2)3)13-18-7-8-20(27)12-19(18)14-23/h5-8,11-12,27H,9-10,13-15H2,1-4H3,(H2,24,25,28). The molecule has 0 aromatic heterocycles. The van der Waals surface area contributed by atoms with E-state index in [1.54, 1.807) is 13.2 Å². The molecule has 29 heavy (non-hydrogen) atoms. The maximum atomic E-state index is 12.4. The maximum Gasteiger partial charge on any atom is 0.314 e. The van der Waals surface area contributed by atoms with Crippen LogP contribution >= 0.6 is 0 Å². The summed E-state index contributed by atoms with van der Waals surface area (Å²) in [5.41, 5.74) is 4.41. The van der Waals surface area contributed by atoms with E-state index in [1.165, 1.54) is 5.56 Å². The summed E-state index contributed by atoms with van der Waals surface area (Å²) >= 11 is 0. The molecule has 0 saturated heterocycles. The summed E-state index contributed by atoms with van der Waals surface area (Å²) < 4.78 is 5.43. The van der Waals surface area contributed by atoms with Crippen LogP contribution in [0.5, 0.6) is 11.5 Å². The number of phenols is 1. The highest BCUT2D eigenvalue weighted by molar-refractivity contribution is 5.74. The van der Waals surface area contributed by atoms with E-state index in [-0.39, 0.29) is 17.3 Å². The Balaban J connectivity index is 1.53. The van der Waals surface area contributed by atoms with E-state index in [1.807, 2.05) is 51.4 Å². The zero-order valence-corrected chi connectivity index (χ0v) is 17.7. The highest BCUT2D eigenvalue weighted by atomic mass is 16.5. The SMILES string of the molecule is COc1cc(C)ccc1CCNC(=O)NCC1(N(C)C)Cc2ccc(O)cc2C1. The molecule has 1 unspecified atom stereocenters. The number of rotatable bonds is 7. The van der Waals surface area contributed by atoms with E-state index in [0.29, 0.717) is 19.5 Å². The van der Waals surface area contributed by atoms with Gasteiger partial charge in [-0.1, -0.05) is 18.2 Å². The summed E-state index contributed by atoms with van der Waals surface area (Å²) in [6, 6.07) is 11.5. The van der Waals surface area contributed by atoms with Crippen LogP contribution in [-0.2, 0) is 19.3 Å². The van der Waals surface area contributed by atoms with Crippen molar-refractivity contribution in [1.82, 2.24) is 15.5 Å². The van der Waals surface area contributed by atoms with Crippen molar-refractivity contribution in [3.8, 4) is 11.5 Å². The van der Waals surface area contributed by atoms with Gasteiger partial charge in [0, 0.05) is 18.6 Å². The minimum absolute atomic E-state index is 0.170. The zero-order chi connectivity index (χ0) is 21.0. The molecule has 1 aliphatic carbocycles. The second kappa shape index (κ2) is 8.74. The van der Waals surface area contributed by atoms with Crippen molar-refractivity contribution < 1.29 is 14.6 Å². The zero-order valence-electron chi connectivity index (χ0n) is 17.7. The number of ether oxygens (including phenoxy) is 1. The number of carbonyl (C=O) groups excluding carboxylic acids is 1. The summed E-state index contributed by atoms with van der Waals surface area (Å²) in [7, 11) is 5.74. The summed E-state index contributed by atoms with van der Waals surface area (Å²) in [6.45, 7) is 3.10. The fourth-order valence-electron chi connectivity index (χ4n) is 4.00. The number of amides is 2. The van der Waals surface area contributed by atoms with Crippen molar-refractivity contribution in [1.29, 1.82) is 0 Å². The molecule has 0 saturated carbocycles. The lowest BCUT2D eigenvalue weighted by Crippen LogP contribution is -2.55. The number of nitrogens with zero attached hydrogens (tertiary/aromatic N) is 1. The molecular weight excluding hydrogens is 366 g/mol. The molecule has 3 rings (SSSR count). The van der Waals surface area contributed by atoms with Crippen molar-refractivity contribution in [3.05, 3.63) is 58.7 Å². The fourth-order valence-corrected chi connectivity index (χ4v) is 4.00. The first-order valence-electron chi connectivity index (χ1n) is 9.96. The number of likely N-dealkylation sites (N-methyl/N-ethyl adjacent to an activating group) is 1. The number of carbonyl (C=O) groups is 1. The van der Waals surface area contributed by atoms with Gasteiger partial charge in [0.15, 0.2) is 0 Å². The van der Waals surface area contributed by atoms with Crippen molar-refractivity contribution in [2.45, 2.75) is 31.7 Å². The molecular formula is C23H31N3O3. The van der Waals surface area contributed by atoms with Gasteiger partial charge in [-0.2, -0.15) is 0 Å². The van der Waals surface area contributed by atoms with Crippen LogP contribution in [0.3, 0.4) is 0 Å². The molecule has 6 heteroatoms. The number of urea groups is 1. The molecule has 6 nitrogen and oxygen atoms in total. The van der Waals surface area contributed by atoms with E-state index in [9.17, 15) is 9.90 Å². The van der Waals surface area contributed by atoms with Gasteiger partial charge >= 0.3 is 6.03 Å².